The van der Waals surface area contributed by atoms with Crippen LogP contribution in [0.15, 0.2) is 30.3 Å². The van der Waals surface area contributed by atoms with Crippen LogP contribution in [0.2, 0.25) is 0 Å². The number of amidine groups is 1. The van der Waals surface area contributed by atoms with E-state index in [9.17, 15) is 18.3 Å². The van der Waals surface area contributed by atoms with Crippen LogP contribution in [-0.4, -0.2) is 68.0 Å². The Hall–Kier alpha value is -3.31. The number of halogens is 3. The number of nitrogens with one attached hydrogen (secondary N) is 3. The van der Waals surface area contributed by atoms with E-state index in [0.717, 1.165) is 37.2 Å². The van der Waals surface area contributed by atoms with Crippen molar-refractivity contribution in [3.63, 3.8) is 0 Å². The van der Waals surface area contributed by atoms with Gasteiger partial charge in [-0.3, -0.25) is 20.8 Å². The van der Waals surface area contributed by atoms with Crippen molar-refractivity contribution in [3.05, 3.63) is 47.3 Å². The Kier molecular flexibility index (Phi) is 8.13. The highest BCUT2D eigenvalue weighted by Crippen LogP contribution is 2.42. The molecule has 1 atom stereocenters. The van der Waals surface area contributed by atoms with E-state index in [4.69, 9.17) is 10.8 Å². The van der Waals surface area contributed by atoms with E-state index in [1.165, 1.54) is 4.90 Å². The summed E-state index contributed by atoms with van der Waals surface area (Å²) in [6.07, 6.45) is -0.441. The smallest absolute Gasteiger partial charge is 0.388 e. The Balaban J connectivity index is 0.00000172. The zero-order valence-corrected chi connectivity index (χ0v) is 22.7. The Morgan fingerprint density at radius 1 is 1.28 bits per heavy atom. The molecule has 11 heteroatoms. The molecule has 1 aromatic carbocycles. The van der Waals surface area contributed by atoms with Gasteiger partial charge in [0.15, 0.2) is 0 Å². The van der Waals surface area contributed by atoms with Crippen molar-refractivity contribution in [3.8, 4) is 11.3 Å². The molecule has 1 aliphatic heterocycles. The van der Waals surface area contributed by atoms with Gasteiger partial charge in [-0.15, -0.1) is 0 Å². The number of likely N-dealkylation sites (N-methyl/N-ethyl adjacent to an activating group) is 1. The second kappa shape index (κ2) is 11.1. The Morgan fingerprint density at radius 2 is 1.97 bits per heavy atom. The lowest BCUT2D eigenvalue weighted by Gasteiger charge is -2.44. The van der Waals surface area contributed by atoms with Crippen LogP contribution in [0.1, 0.15) is 62.9 Å². The zero-order chi connectivity index (χ0) is 28.5. The fraction of sp³-hybridized carbons (Fsp3) is 0.500. The number of likely N-dealkylation sites (tertiary alicyclic amines) is 1. The number of aromatic nitrogens is 3. The molecule has 1 unspecified atom stereocenters. The molecule has 3 heterocycles. The highest BCUT2D eigenvalue weighted by Gasteiger charge is 2.39. The molecule has 1 aliphatic carbocycles. The monoisotopic (exact) mass is 543 g/mol. The first kappa shape index (κ1) is 28.7. The number of hydrogen-bond donors (Lipinski definition) is 4. The first-order valence-electron chi connectivity index (χ1n) is 13.3. The summed E-state index contributed by atoms with van der Waals surface area (Å²) in [5.74, 6) is 0.384. The van der Waals surface area contributed by atoms with Gasteiger partial charge in [0.1, 0.15) is 17.2 Å². The van der Waals surface area contributed by atoms with Gasteiger partial charge in [0.05, 0.1) is 23.2 Å². The average Bonchev–Trinajstić information content (AvgIpc) is 3.29. The molecule has 2 fully saturated rings. The predicted molar refractivity (Wildman–Crippen MR) is 146 cm³/mol. The molecule has 0 amide bonds. The Morgan fingerprint density at radius 3 is 2.54 bits per heavy atom. The number of rotatable bonds is 7. The van der Waals surface area contributed by atoms with Gasteiger partial charge in [-0.2, -0.15) is 18.3 Å². The van der Waals surface area contributed by atoms with Gasteiger partial charge in [-0.05, 0) is 43.4 Å². The lowest BCUT2D eigenvalue weighted by Crippen LogP contribution is -2.59. The van der Waals surface area contributed by atoms with E-state index in [2.05, 4.69) is 15.2 Å². The van der Waals surface area contributed by atoms with Crippen molar-refractivity contribution in [2.75, 3.05) is 20.1 Å². The van der Waals surface area contributed by atoms with E-state index in [1.54, 1.807) is 20.0 Å². The van der Waals surface area contributed by atoms with Crippen molar-refractivity contribution >= 4 is 23.1 Å². The van der Waals surface area contributed by atoms with Crippen LogP contribution in [-0.2, 0) is 12.7 Å². The highest BCUT2D eigenvalue weighted by atomic mass is 19.4. The first-order valence-corrected chi connectivity index (χ1v) is 13.3. The van der Waals surface area contributed by atoms with Crippen LogP contribution >= 0.6 is 0 Å². The molecular formula is C28H36F3N7O. The van der Waals surface area contributed by atoms with Gasteiger partial charge in [-0.25, -0.2) is 4.98 Å². The van der Waals surface area contributed by atoms with Crippen molar-refractivity contribution in [1.29, 1.82) is 10.8 Å². The number of hydrogen-bond acceptors (Lipinski definition) is 6. The third-order valence-electron chi connectivity index (χ3n) is 7.43. The summed E-state index contributed by atoms with van der Waals surface area (Å²) in [5, 5.41) is 33.9. The van der Waals surface area contributed by atoms with Crippen LogP contribution in [0.25, 0.3) is 22.2 Å². The molecule has 5 rings (SSSR count). The molecule has 0 radical (unpaired) electrons. The molecule has 3 aromatic rings. The number of alkyl halides is 3. The lowest BCUT2D eigenvalue weighted by molar-refractivity contribution is -0.141. The number of fused-ring (bicyclic) bond motifs is 1. The maximum absolute atomic E-state index is 13.8. The number of pyridine rings is 1. The summed E-state index contributed by atoms with van der Waals surface area (Å²) >= 11 is 0. The number of nitrogens with zero attached hydrogens (tertiary/aromatic N) is 4. The molecule has 2 aliphatic rings. The first-order chi connectivity index (χ1) is 18.5. The Labute approximate surface area is 226 Å². The fourth-order valence-electron chi connectivity index (χ4n) is 5.40. The van der Waals surface area contributed by atoms with Crippen LogP contribution in [0.3, 0.4) is 0 Å². The summed E-state index contributed by atoms with van der Waals surface area (Å²) in [5.41, 5.74) is 0.754. The van der Waals surface area contributed by atoms with Gasteiger partial charge >= 0.3 is 6.18 Å². The third-order valence-corrected chi connectivity index (χ3v) is 7.43. The molecule has 1 saturated carbocycles. The van der Waals surface area contributed by atoms with Crippen LogP contribution in [0.4, 0.5) is 13.2 Å². The lowest BCUT2D eigenvalue weighted by atomic mass is 9.72. The quantitative estimate of drug-likeness (QED) is 0.228. The Bertz CT molecular complexity index is 1340. The van der Waals surface area contributed by atoms with E-state index in [-0.39, 0.29) is 24.1 Å². The molecule has 0 spiro atoms. The molecule has 8 nitrogen and oxygen atoms in total. The summed E-state index contributed by atoms with van der Waals surface area (Å²) in [4.78, 5) is 7.25. The van der Waals surface area contributed by atoms with Crippen LogP contribution in [0.5, 0.6) is 0 Å². The average molecular weight is 544 g/mol. The molecular weight excluding hydrogens is 507 g/mol. The molecule has 210 valence electrons. The van der Waals surface area contributed by atoms with Crippen molar-refractivity contribution < 1.29 is 18.3 Å². The van der Waals surface area contributed by atoms with Gasteiger partial charge in [0.2, 0.25) is 0 Å². The summed E-state index contributed by atoms with van der Waals surface area (Å²) in [7, 11) is 1.68. The number of H-pyrrole nitrogens is 1. The van der Waals surface area contributed by atoms with Crippen LogP contribution in [0, 0.1) is 16.7 Å². The van der Waals surface area contributed by atoms with Crippen molar-refractivity contribution in [1.82, 2.24) is 25.0 Å². The minimum absolute atomic E-state index is 0.162. The van der Waals surface area contributed by atoms with E-state index >= 15 is 0 Å². The van der Waals surface area contributed by atoms with E-state index in [0.29, 0.717) is 41.1 Å². The molecule has 1 saturated heterocycles. The van der Waals surface area contributed by atoms with E-state index in [1.807, 2.05) is 36.9 Å². The number of aliphatic hydroxyl groups is 1. The van der Waals surface area contributed by atoms with Gasteiger partial charge in [-0.1, -0.05) is 38.5 Å². The van der Waals surface area contributed by atoms with Crippen molar-refractivity contribution in [2.24, 2.45) is 5.92 Å². The molecule has 0 bridgehead atoms. The third kappa shape index (κ3) is 5.84. The molecule has 4 N–H and O–H groups in total. The van der Waals surface area contributed by atoms with Gasteiger partial charge in [0, 0.05) is 43.5 Å². The van der Waals surface area contributed by atoms with E-state index < -0.39 is 17.5 Å². The standard InChI is InChI=1S/C26H30F3N7O.C2H6/c1-25(37)12-36(13-25)11-19-23-18(10-20(32-19)26(27,28)29)22(33-34-23)17-8-4-7-16(9-17)21(15-5-3-6-15)24(31)35(2)14-30;1-2/h4,7-10,14-15,21,30-31,37H,3,5-6,11-13H2,1-2H3,(H,33,34);1-2H3. The van der Waals surface area contributed by atoms with Crippen molar-refractivity contribution in [2.45, 2.75) is 64.3 Å². The minimum atomic E-state index is -4.62. The maximum atomic E-state index is 13.8. The zero-order valence-electron chi connectivity index (χ0n) is 22.7. The minimum Gasteiger partial charge on any atom is -0.388 e. The normalized spacial score (nSPS) is 17.9. The fourth-order valence-corrected chi connectivity index (χ4v) is 5.40. The highest BCUT2D eigenvalue weighted by molar-refractivity contribution is 5.96. The van der Waals surface area contributed by atoms with Gasteiger partial charge in [0.25, 0.3) is 0 Å². The van der Waals surface area contributed by atoms with Crippen LogP contribution < -0.4 is 0 Å². The topological polar surface area (TPSA) is 116 Å². The number of aromatic amines is 1. The largest absolute Gasteiger partial charge is 0.433 e. The SMILES string of the molecule is CC.CN(C=N)C(=N)C(c1cccc(-c2n[nH]c3c(CN4CC(C)(O)C4)nc(C(F)(F)F)cc23)c1)C1CCC1. The summed E-state index contributed by atoms with van der Waals surface area (Å²) < 4.78 is 41.4. The second-order valence-electron chi connectivity index (χ2n) is 10.5. The summed E-state index contributed by atoms with van der Waals surface area (Å²) in [6, 6.07) is 8.50. The number of β-amino-alcohol motifs (C(OH)–C–C–N with tert-alkyl or cyclic N) is 1. The van der Waals surface area contributed by atoms with Gasteiger partial charge < -0.3 is 10.0 Å². The molecule has 39 heavy (non-hydrogen) atoms. The summed E-state index contributed by atoms with van der Waals surface area (Å²) in [6.45, 7) is 6.56. The maximum Gasteiger partial charge on any atom is 0.433 e. The predicted octanol–water partition coefficient (Wildman–Crippen LogP) is 5.64. The number of benzene rings is 1. The molecule has 2 aromatic heterocycles. The second-order valence-corrected chi connectivity index (χ2v) is 10.5.